The molecule has 2 aliphatic rings. The van der Waals surface area contributed by atoms with E-state index in [0.717, 1.165) is 28.6 Å². The fourth-order valence-corrected chi connectivity index (χ4v) is 4.35. The standard InChI is InChI=1S/C16H23BrClN3/c1-20-12-3-4-13(20)10-21(7-6-12)16(9-19)11-2-5-15(18)14(17)8-11/h2,5,8,12-13,16H,3-4,6-7,9-10,19H2,1H3. The Balaban J connectivity index is 1.81. The molecule has 3 unspecified atom stereocenters. The van der Waals surface area contributed by atoms with Crippen molar-refractivity contribution in [1.29, 1.82) is 0 Å². The van der Waals surface area contributed by atoms with E-state index in [9.17, 15) is 0 Å². The number of nitrogens with two attached hydrogens (primary N) is 1. The Morgan fingerprint density at radius 3 is 2.81 bits per heavy atom. The zero-order chi connectivity index (χ0) is 15.0. The van der Waals surface area contributed by atoms with E-state index in [1.165, 1.54) is 24.8 Å². The van der Waals surface area contributed by atoms with Crippen LogP contribution in [0.5, 0.6) is 0 Å². The van der Waals surface area contributed by atoms with Crippen LogP contribution in [-0.4, -0.2) is 48.6 Å². The van der Waals surface area contributed by atoms with Gasteiger partial charge in [0.1, 0.15) is 0 Å². The number of nitrogens with zero attached hydrogens (tertiary/aromatic N) is 2. The Morgan fingerprint density at radius 2 is 2.10 bits per heavy atom. The van der Waals surface area contributed by atoms with Crippen LogP contribution in [0.25, 0.3) is 0 Å². The number of benzene rings is 1. The van der Waals surface area contributed by atoms with Gasteiger partial charge in [0.05, 0.1) is 5.02 Å². The summed E-state index contributed by atoms with van der Waals surface area (Å²) in [6.07, 6.45) is 3.92. The Morgan fingerprint density at radius 1 is 1.33 bits per heavy atom. The molecule has 2 N–H and O–H groups in total. The van der Waals surface area contributed by atoms with Crippen molar-refractivity contribution >= 4 is 27.5 Å². The lowest BCUT2D eigenvalue weighted by Crippen LogP contribution is -2.40. The van der Waals surface area contributed by atoms with Gasteiger partial charge in [-0.15, -0.1) is 0 Å². The highest BCUT2D eigenvalue weighted by Crippen LogP contribution is 2.33. The molecule has 2 heterocycles. The van der Waals surface area contributed by atoms with Crippen molar-refractivity contribution < 1.29 is 0 Å². The van der Waals surface area contributed by atoms with E-state index < -0.39 is 0 Å². The van der Waals surface area contributed by atoms with Crippen molar-refractivity contribution in [3.63, 3.8) is 0 Å². The van der Waals surface area contributed by atoms with E-state index in [1.807, 2.05) is 6.07 Å². The Labute approximate surface area is 140 Å². The van der Waals surface area contributed by atoms with Gasteiger partial charge < -0.3 is 5.73 Å². The Kier molecular flexibility index (Phi) is 4.91. The molecule has 3 rings (SSSR count). The van der Waals surface area contributed by atoms with Gasteiger partial charge >= 0.3 is 0 Å². The normalized spacial score (nSPS) is 28.6. The minimum absolute atomic E-state index is 0.284. The van der Waals surface area contributed by atoms with E-state index in [1.54, 1.807) is 0 Å². The van der Waals surface area contributed by atoms with Gasteiger partial charge in [-0.05, 0) is 59.9 Å². The van der Waals surface area contributed by atoms with Gasteiger partial charge in [-0.3, -0.25) is 9.80 Å². The highest BCUT2D eigenvalue weighted by molar-refractivity contribution is 9.10. The molecule has 116 valence electrons. The summed E-state index contributed by atoms with van der Waals surface area (Å²) in [4.78, 5) is 5.14. The SMILES string of the molecule is CN1C2CCC1CN(C(CN)c1ccc(Cl)c(Br)c1)CC2. The average molecular weight is 373 g/mol. The minimum Gasteiger partial charge on any atom is -0.329 e. The smallest absolute Gasteiger partial charge is 0.0548 e. The van der Waals surface area contributed by atoms with Gasteiger partial charge in [0, 0.05) is 42.2 Å². The average Bonchev–Trinajstić information content (AvgIpc) is 2.70. The molecule has 2 saturated heterocycles. The molecule has 1 aromatic rings. The van der Waals surface area contributed by atoms with Gasteiger partial charge in [-0.1, -0.05) is 17.7 Å². The number of rotatable bonds is 3. The van der Waals surface area contributed by atoms with E-state index in [0.29, 0.717) is 12.6 Å². The number of likely N-dealkylation sites (tertiary alicyclic amines) is 1. The molecule has 2 fully saturated rings. The molecular weight excluding hydrogens is 350 g/mol. The third-order valence-corrected chi connectivity index (χ3v) is 6.39. The highest BCUT2D eigenvalue weighted by atomic mass is 79.9. The molecule has 3 nitrogen and oxygen atoms in total. The molecule has 0 saturated carbocycles. The maximum absolute atomic E-state index is 6.11. The zero-order valence-corrected chi connectivity index (χ0v) is 14.8. The summed E-state index contributed by atoms with van der Waals surface area (Å²) in [5.74, 6) is 0. The molecule has 0 radical (unpaired) electrons. The number of hydrogen-bond acceptors (Lipinski definition) is 3. The summed E-state index contributed by atoms with van der Waals surface area (Å²) in [6, 6.07) is 7.91. The number of hydrogen-bond donors (Lipinski definition) is 1. The van der Waals surface area contributed by atoms with E-state index in [-0.39, 0.29) is 6.04 Å². The maximum atomic E-state index is 6.11. The van der Waals surface area contributed by atoms with Crippen LogP contribution < -0.4 is 5.73 Å². The van der Waals surface area contributed by atoms with Crippen molar-refractivity contribution in [2.24, 2.45) is 5.73 Å². The maximum Gasteiger partial charge on any atom is 0.0548 e. The van der Waals surface area contributed by atoms with Crippen LogP contribution in [0.2, 0.25) is 5.02 Å². The van der Waals surface area contributed by atoms with E-state index in [2.05, 4.69) is 44.9 Å². The monoisotopic (exact) mass is 371 g/mol. The van der Waals surface area contributed by atoms with Crippen LogP contribution in [-0.2, 0) is 0 Å². The van der Waals surface area contributed by atoms with Crippen molar-refractivity contribution in [2.45, 2.75) is 37.4 Å². The quantitative estimate of drug-likeness (QED) is 0.884. The Hall–Kier alpha value is -0.130. The van der Waals surface area contributed by atoms with Gasteiger partial charge in [-0.2, -0.15) is 0 Å². The lowest BCUT2D eigenvalue weighted by molar-refractivity contribution is 0.175. The van der Waals surface area contributed by atoms with Gasteiger partial charge in [0.15, 0.2) is 0 Å². The number of likely N-dealkylation sites (N-methyl/N-ethyl adjacent to an activating group) is 1. The lowest BCUT2D eigenvalue weighted by Gasteiger charge is -2.33. The lowest BCUT2D eigenvalue weighted by atomic mass is 10.0. The minimum atomic E-state index is 0.284. The van der Waals surface area contributed by atoms with Crippen molar-refractivity contribution in [2.75, 3.05) is 26.7 Å². The molecule has 1 aromatic carbocycles. The van der Waals surface area contributed by atoms with Crippen LogP contribution in [0.15, 0.2) is 22.7 Å². The zero-order valence-electron chi connectivity index (χ0n) is 12.4. The number of halogens is 2. The summed E-state index contributed by atoms with van der Waals surface area (Å²) < 4.78 is 0.952. The summed E-state index contributed by atoms with van der Waals surface area (Å²) in [7, 11) is 2.28. The third kappa shape index (κ3) is 3.15. The summed E-state index contributed by atoms with van der Waals surface area (Å²) in [6.45, 7) is 2.90. The molecule has 0 amide bonds. The topological polar surface area (TPSA) is 32.5 Å². The fourth-order valence-electron chi connectivity index (χ4n) is 3.83. The summed E-state index contributed by atoms with van der Waals surface area (Å²) >= 11 is 9.64. The molecule has 3 atom stereocenters. The molecule has 21 heavy (non-hydrogen) atoms. The highest BCUT2D eigenvalue weighted by Gasteiger charge is 2.36. The summed E-state index contributed by atoms with van der Waals surface area (Å²) in [5.41, 5.74) is 7.36. The largest absolute Gasteiger partial charge is 0.329 e. The first-order valence-electron chi connectivity index (χ1n) is 7.71. The van der Waals surface area contributed by atoms with Crippen LogP contribution in [0.4, 0.5) is 0 Å². The first kappa shape index (κ1) is 15.8. The van der Waals surface area contributed by atoms with Crippen LogP contribution in [0.3, 0.4) is 0 Å². The van der Waals surface area contributed by atoms with Crippen LogP contribution >= 0.6 is 27.5 Å². The fraction of sp³-hybridized carbons (Fsp3) is 0.625. The Bertz CT molecular complexity index is 510. The molecule has 2 aliphatic heterocycles. The third-order valence-electron chi connectivity index (χ3n) is 5.17. The first-order chi connectivity index (χ1) is 10.1. The second kappa shape index (κ2) is 6.55. The van der Waals surface area contributed by atoms with Gasteiger partial charge in [0.2, 0.25) is 0 Å². The van der Waals surface area contributed by atoms with Crippen molar-refractivity contribution in [3.05, 3.63) is 33.3 Å². The first-order valence-corrected chi connectivity index (χ1v) is 8.88. The van der Waals surface area contributed by atoms with E-state index in [4.69, 9.17) is 17.3 Å². The molecule has 0 aliphatic carbocycles. The predicted molar refractivity (Wildman–Crippen MR) is 91.7 cm³/mol. The number of fused-ring (bicyclic) bond motifs is 2. The van der Waals surface area contributed by atoms with Crippen LogP contribution in [0, 0.1) is 0 Å². The van der Waals surface area contributed by atoms with Gasteiger partial charge in [0.25, 0.3) is 0 Å². The van der Waals surface area contributed by atoms with Crippen molar-refractivity contribution in [3.8, 4) is 0 Å². The molecule has 0 aromatic heterocycles. The molecule has 2 bridgehead atoms. The van der Waals surface area contributed by atoms with Crippen molar-refractivity contribution in [1.82, 2.24) is 9.80 Å². The molecule has 0 spiro atoms. The van der Waals surface area contributed by atoms with E-state index >= 15 is 0 Å². The second-order valence-electron chi connectivity index (χ2n) is 6.26. The second-order valence-corrected chi connectivity index (χ2v) is 7.52. The van der Waals surface area contributed by atoms with Gasteiger partial charge in [-0.25, -0.2) is 0 Å². The molecular formula is C16H23BrClN3. The predicted octanol–water partition coefficient (Wildman–Crippen LogP) is 3.27. The summed E-state index contributed by atoms with van der Waals surface area (Å²) in [5, 5.41) is 0.754. The van der Waals surface area contributed by atoms with Crippen LogP contribution in [0.1, 0.15) is 30.9 Å². The molecule has 5 heteroatoms.